The van der Waals surface area contributed by atoms with E-state index in [1.807, 2.05) is 0 Å². The molecule has 0 aromatic heterocycles. The summed E-state index contributed by atoms with van der Waals surface area (Å²) in [6, 6.07) is 1.31. The summed E-state index contributed by atoms with van der Waals surface area (Å²) in [4.78, 5) is 15.8. The Balaban J connectivity index is 2.27. The molecule has 3 heteroatoms. The van der Waals surface area contributed by atoms with Crippen LogP contribution in [-0.4, -0.2) is 54.9 Å². The zero-order chi connectivity index (χ0) is 12.1. The van der Waals surface area contributed by atoms with Crippen LogP contribution in [0.1, 0.15) is 39.5 Å². The standard InChI is InChI=1S/C13H26N2O/c1-11(5-6-12(2)16)15-9-7-13(8-10-15)14(3)4/h11,13H,5-10H2,1-4H3. The van der Waals surface area contributed by atoms with Crippen molar-refractivity contribution in [2.75, 3.05) is 27.2 Å². The number of piperidine rings is 1. The Morgan fingerprint density at radius 2 is 1.94 bits per heavy atom. The largest absolute Gasteiger partial charge is 0.306 e. The van der Waals surface area contributed by atoms with Crippen LogP contribution >= 0.6 is 0 Å². The Kier molecular flexibility index (Phi) is 5.42. The highest BCUT2D eigenvalue weighted by Crippen LogP contribution is 2.18. The van der Waals surface area contributed by atoms with Crippen LogP contribution in [0.5, 0.6) is 0 Å². The molecule has 0 aliphatic carbocycles. The van der Waals surface area contributed by atoms with Gasteiger partial charge in [0.25, 0.3) is 0 Å². The van der Waals surface area contributed by atoms with E-state index in [9.17, 15) is 4.79 Å². The van der Waals surface area contributed by atoms with Crippen molar-refractivity contribution < 1.29 is 4.79 Å². The van der Waals surface area contributed by atoms with E-state index in [1.165, 1.54) is 25.9 Å². The molecule has 1 unspecified atom stereocenters. The van der Waals surface area contributed by atoms with Gasteiger partial charge in [0.1, 0.15) is 5.78 Å². The number of Topliss-reactive ketones (excluding diaryl/α,β-unsaturated/α-hetero) is 1. The van der Waals surface area contributed by atoms with Gasteiger partial charge in [-0.05, 0) is 60.3 Å². The molecular formula is C13H26N2O. The summed E-state index contributed by atoms with van der Waals surface area (Å²) < 4.78 is 0. The zero-order valence-electron chi connectivity index (χ0n) is 11.2. The molecule has 0 saturated carbocycles. The number of ketones is 1. The van der Waals surface area contributed by atoms with Crippen molar-refractivity contribution in [1.29, 1.82) is 0 Å². The lowest BCUT2D eigenvalue weighted by atomic mass is 10.0. The highest BCUT2D eigenvalue weighted by atomic mass is 16.1. The summed E-state index contributed by atoms with van der Waals surface area (Å²) in [6.45, 7) is 6.30. The monoisotopic (exact) mass is 226 g/mol. The average Bonchev–Trinajstić information content (AvgIpc) is 2.26. The van der Waals surface area contributed by atoms with Gasteiger partial charge in [-0.25, -0.2) is 0 Å². The van der Waals surface area contributed by atoms with Crippen LogP contribution < -0.4 is 0 Å². The minimum Gasteiger partial charge on any atom is -0.306 e. The highest BCUT2D eigenvalue weighted by molar-refractivity contribution is 5.75. The first kappa shape index (κ1) is 13.7. The molecule has 1 aliphatic rings. The molecular weight excluding hydrogens is 200 g/mol. The second-order valence-corrected chi connectivity index (χ2v) is 5.32. The lowest BCUT2D eigenvalue weighted by Gasteiger charge is -2.38. The maximum Gasteiger partial charge on any atom is 0.129 e. The maximum atomic E-state index is 10.9. The van der Waals surface area contributed by atoms with Gasteiger partial charge in [0.2, 0.25) is 0 Å². The van der Waals surface area contributed by atoms with Crippen LogP contribution in [0.15, 0.2) is 0 Å². The molecule has 0 amide bonds. The second kappa shape index (κ2) is 6.36. The zero-order valence-corrected chi connectivity index (χ0v) is 11.2. The fourth-order valence-corrected chi connectivity index (χ4v) is 2.44. The molecule has 94 valence electrons. The molecule has 0 spiro atoms. The number of likely N-dealkylation sites (tertiary alicyclic amines) is 1. The first-order valence-corrected chi connectivity index (χ1v) is 6.40. The third kappa shape index (κ3) is 4.22. The number of nitrogens with zero attached hydrogens (tertiary/aromatic N) is 2. The molecule has 0 aromatic rings. The summed E-state index contributed by atoms with van der Waals surface area (Å²) in [5.41, 5.74) is 0. The van der Waals surface area contributed by atoms with Gasteiger partial charge in [0, 0.05) is 18.5 Å². The van der Waals surface area contributed by atoms with E-state index in [0.29, 0.717) is 11.8 Å². The van der Waals surface area contributed by atoms with Crippen LogP contribution in [0.4, 0.5) is 0 Å². The molecule has 0 aromatic carbocycles. The Bertz CT molecular complexity index is 220. The topological polar surface area (TPSA) is 23.6 Å². The van der Waals surface area contributed by atoms with Crippen molar-refractivity contribution in [3.05, 3.63) is 0 Å². The van der Waals surface area contributed by atoms with Gasteiger partial charge in [-0.1, -0.05) is 0 Å². The lowest BCUT2D eigenvalue weighted by Crippen LogP contribution is -2.45. The quantitative estimate of drug-likeness (QED) is 0.714. The minimum absolute atomic E-state index is 0.315. The summed E-state index contributed by atoms with van der Waals surface area (Å²) in [5, 5.41) is 0. The summed E-state index contributed by atoms with van der Waals surface area (Å²) >= 11 is 0. The number of carbonyl (C=O) groups is 1. The van der Waals surface area contributed by atoms with Gasteiger partial charge in [0.15, 0.2) is 0 Å². The minimum atomic E-state index is 0.315. The molecule has 1 heterocycles. The molecule has 1 atom stereocenters. The molecule has 0 N–H and O–H groups in total. The summed E-state index contributed by atoms with van der Waals surface area (Å²) in [7, 11) is 4.33. The number of carbonyl (C=O) groups excluding carboxylic acids is 1. The molecule has 0 radical (unpaired) electrons. The fourth-order valence-electron chi connectivity index (χ4n) is 2.44. The summed E-state index contributed by atoms with van der Waals surface area (Å²) in [5.74, 6) is 0.315. The third-order valence-electron chi connectivity index (χ3n) is 3.77. The Morgan fingerprint density at radius 1 is 1.38 bits per heavy atom. The van der Waals surface area contributed by atoms with E-state index in [0.717, 1.165) is 18.9 Å². The van der Waals surface area contributed by atoms with Crippen LogP contribution in [0, 0.1) is 0 Å². The predicted molar refractivity (Wildman–Crippen MR) is 67.7 cm³/mol. The van der Waals surface area contributed by atoms with E-state index in [4.69, 9.17) is 0 Å². The van der Waals surface area contributed by atoms with Crippen LogP contribution in [0.25, 0.3) is 0 Å². The third-order valence-corrected chi connectivity index (χ3v) is 3.77. The predicted octanol–water partition coefficient (Wildman–Crippen LogP) is 1.77. The van der Waals surface area contributed by atoms with Crippen molar-refractivity contribution in [3.63, 3.8) is 0 Å². The van der Waals surface area contributed by atoms with Crippen LogP contribution in [0.2, 0.25) is 0 Å². The van der Waals surface area contributed by atoms with E-state index in [-0.39, 0.29) is 0 Å². The van der Waals surface area contributed by atoms with E-state index >= 15 is 0 Å². The Labute approximate surface area is 99.8 Å². The van der Waals surface area contributed by atoms with E-state index < -0.39 is 0 Å². The van der Waals surface area contributed by atoms with Gasteiger partial charge in [0.05, 0.1) is 0 Å². The van der Waals surface area contributed by atoms with Gasteiger partial charge < -0.3 is 14.6 Å². The van der Waals surface area contributed by atoms with E-state index in [1.54, 1.807) is 6.92 Å². The number of hydrogen-bond donors (Lipinski definition) is 0. The maximum absolute atomic E-state index is 10.9. The molecule has 3 nitrogen and oxygen atoms in total. The first-order valence-electron chi connectivity index (χ1n) is 6.40. The van der Waals surface area contributed by atoms with Gasteiger partial charge in [-0.2, -0.15) is 0 Å². The molecule has 1 fully saturated rings. The Morgan fingerprint density at radius 3 is 2.38 bits per heavy atom. The van der Waals surface area contributed by atoms with Crippen LogP contribution in [-0.2, 0) is 4.79 Å². The lowest BCUT2D eigenvalue weighted by molar-refractivity contribution is -0.117. The van der Waals surface area contributed by atoms with Crippen molar-refractivity contribution in [3.8, 4) is 0 Å². The van der Waals surface area contributed by atoms with Crippen molar-refractivity contribution >= 4 is 5.78 Å². The van der Waals surface area contributed by atoms with Gasteiger partial charge in [-0.3, -0.25) is 0 Å². The number of hydrogen-bond acceptors (Lipinski definition) is 3. The SMILES string of the molecule is CC(=O)CCC(C)N1CCC(N(C)C)CC1. The van der Waals surface area contributed by atoms with Crippen molar-refractivity contribution in [2.45, 2.75) is 51.6 Å². The van der Waals surface area contributed by atoms with Crippen molar-refractivity contribution in [1.82, 2.24) is 9.80 Å². The number of rotatable bonds is 5. The van der Waals surface area contributed by atoms with Crippen molar-refractivity contribution in [2.24, 2.45) is 0 Å². The molecule has 1 rings (SSSR count). The normalized spacial score (nSPS) is 21.3. The van der Waals surface area contributed by atoms with Gasteiger partial charge in [-0.15, -0.1) is 0 Å². The molecule has 0 bridgehead atoms. The highest BCUT2D eigenvalue weighted by Gasteiger charge is 2.23. The average molecular weight is 226 g/mol. The van der Waals surface area contributed by atoms with E-state index in [2.05, 4.69) is 30.8 Å². The summed E-state index contributed by atoms with van der Waals surface area (Å²) in [6.07, 6.45) is 4.27. The smallest absolute Gasteiger partial charge is 0.129 e. The molecule has 1 aliphatic heterocycles. The molecule has 1 saturated heterocycles. The first-order chi connectivity index (χ1) is 7.50. The van der Waals surface area contributed by atoms with Gasteiger partial charge >= 0.3 is 0 Å². The molecule has 16 heavy (non-hydrogen) atoms. The fraction of sp³-hybridized carbons (Fsp3) is 0.923. The van der Waals surface area contributed by atoms with Crippen LogP contribution in [0.3, 0.4) is 0 Å². The second-order valence-electron chi connectivity index (χ2n) is 5.32. The Hall–Kier alpha value is -0.410.